The average molecular weight is 339 g/mol. The Balaban J connectivity index is 1.24. The van der Waals surface area contributed by atoms with Crippen molar-refractivity contribution >= 4 is 16.8 Å². The lowest BCUT2D eigenvalue weighted by Crippen LogP contribution is -2.36. The van der Waals surface area contributed by atoms with E-state index in [2.05, 4.69) is 45.5 Å². The molecule has 1 saturated carbocycles. The van der Waals surface area contributed by atoms with E-state index in [4.69, 9.17) is 0 Å². The molecule has 1 aromatic carbocycles. The fraction of sp³-hybridized carbons (Fsp3) is 0.571. The molecule has 0 bridgehead atoms. The maximum Gasteiger partial charge on any atom is 0.223 e. The third-order valence-electron chi connectivity index (χ3n) is 5.89. The molecule has 2 N–H and O–H groups in total. The second-order valence-corrected chi connectivity index (χ2v) is 7.85. The maximum absolute atomic E-state index is 12.3. The number of likely N-dealkylation sites (tertiary alicyclic amines) is 1. The zero-order chi connectivity index (χ0) is 17.1. The minimum atomic E-state index is 0.276. The molecule has 1 aromatic heterocycles. The number of carbonyl (C=O) groups excluding carboxylic acids is 1. The van der Waals surface area contributed by atoms with Crippen molar-refractivity contribution in [3.63, 3.8) is 0 Å². The van der Waals surface area contributed by atoms with Crippen LogP contribution in [0.4, 0.5) is 0 Å². The van der Waals surface area contributed by atoms with Crippen molar-refractivity contribution in [2.24, 2.45) is 11.8 Å². The molecule has 0 spiro atoms. The maximum atomic E-state index is 12.3. The first-order valence-corrected chi connectivity index (χ1v) is 9.84. The van der Waals surface area contributed by atoms with Gasteiger partial charge >= 0.3 is 0 Å². The van der Waals surface area contributed by atoms with Gasteiger partial charge in [0.05, 0.1) is 0 Å². The van der Waals surface area contributed by atoms with Gasteiger partial charge < -0.3 is 10.3 Å². The van der Waals surface area contributed by atoms with E-state index in [-0.39, 0.29) is 5.92 Å². The Bertz CT molecular complexity index is 684. The number of aromatic amines is 1. The fourth-order valence-electron chi connectivity index (χ4n) is 4.44. The highest BCUT2D eigenvalue weighted by atomic mass is 16.1. The van der Waals surface area contributed by atoms with Gasteiger partial charge in [0.15, 0.2) is 0 Å². The highest BCUT2D eigenvalue weighted by Crippen LogP contribution is 2.24. The summed E-state index contributed by atoms with van der Waals surface area (Å²) in [6, 6.07) is 10.7. The van der Waals surface area contributed by atoms with Crippen LogP contribution in [0.25, 0.3) is 10.9 Å². The lowest BCUT2D eigenvalue weighted by Gasteiger charge is -2.22. The van der Waals surface area contributed by atoms with Crippen LogP contribution in [0.1, 0.15) is 44.2 Å². The standard InChI is InChI=1S/C21H29N3O/c25-21(17-6-2-1-3-7-17)22-13-16-10-11-24(14-16)15-19-12-18-8-4-5-9-20(18)23-19/h4-5,8-9,12,16-17,23H,1-3,6-7,10-11,13-15H2,(H,22,25)/t16-/m0/s1. The highest BCUT2D eigenvalue weighted by Gasteiger charge is 2.25. The van der Waals surface area contributed by atoms with Gasteiger partial charge in [-0.25, -0.2) is 0 Å². The van der Waals surface area contributed by atoms with Crippen LogP contribution < -0.4 is 5.32 Å². The lowest BCUT2D eigenvalue weighted by molar-refractivity contribution is -0.126. The second kappa shape index (κ2) is 7.61. The molecule has 1 amide bonds. The third-order valence-corrected chi connectivity index (χ3v) is 5.89. The summed E-state index contributed by atoms with van der Waals surface area (Å²) in [6.07, 6.45) is 7.10. The van der Waals surface area contributed by atoms with Crippen molar-refractivity contribution in [1.82, 2.24) is 15.2 Å². The SMILES string of the molecule is O=C(NC[C@@H]1CCN(Cc2cc3ccccc3[nH]2)C1)C1CCCCC1. The number of fused-ring (bicyclic) bond motifs is 1. The molecule has 4 nitrogen and oxygen atoms in total. The molecule has 4 rings (SSSR count). The molecular formula is C21H29N3O. The number of benzene rings is 1. The molecule has 2 aromatic rings. The Morgan fingerprint density at radius 2 is 2.00 bits per heavy atom. The molecule has 1 saturated heterocycles. The van der Waals surface area contributed by atoms with Crippen LogP contribution in [0.2, 0.25) is 0 Å². The van der Waals surface area contributed by atoms with Gasteiger partial charge in [0.25, 0.3) is 0 Å². The van der Waals surface area contributed by atoms with Gasteiger partial charge in [-0.2, -0.15) is 0 Å². The number of hydrogen-bond acceptors (Lipinski definition) is 2. The molecule has 0 radical (unpaired) electrons. The third kappa shape index (κ3) is 4.06. The van der Waals surface area contributed by atoms with Crippen LogP contribution >= 0.6 is 0 Å². The molecule has 0 unspecified atom stereocenters. The van der Waals surface area contributed by atoms with E-state index < -0.39 is 0 Å². The number of aromatic nitrogens is 1. The van der Waals surface area contributed by atoms with Crippen LogP contribution in [0.5, 0.6) is 0 Å². The van der Waals surface area contributed by atoms with Crippen molar-refractivity contribution in [2.45, 2.75) is 45.1 Å². The number of carbonyl (C=O) groups is 1. The normalized spacial score (nSPS) is 22.5. The summed E-state index contributed by atoms with van der Waals surface area (Å²) in [5.41, 5.74) is 2.50. The number of amides is 1. The van der Waals surface area contributed by atoms with Crippen LogP contribution in [0.15, 0.2) is 30.3 Å². The van der Waals surface area contributed by atoms with Gasteiger partial charge in [0.2, 0.25) is 5.91 Å². The summed E-state index contributed by atoms with van der Waals surface area (Å²) in [7, 11) is 0. The Labute approximate surface area is 150 Å². The zero-order valence-corrected chi connectivity index (χ0v) is 15.0. The number of rotatable bonds is 5. The van der Waals surface area contributed by atoms with E-state index >= 15 is 0 Å². The number of hydrogen-bond donors (Lipinski definition) is 2. The molecule has 25 heavy (non-hydrogen) atoms. The first-order chi connectivity index (χ1) is 12.3. The first-order valence-electron chi connectivity index (χ1n) is 9.84. The molecule has 4 heteroatoms. The van der Waals surface area contributed by atoms with Crippen LogP contribution in [0, 0.1) is 11.8 Å². The number of H-pyrrole nitrogens is 1. The minimum Gasteiger partial charge on any atom is -0.357 e. The van der Waals surface area contributed by atoms with Crippen molar-refractivity contribution in [1.29, 1.82) is 0 Å². The lowest BCUT2D eigenvalue weighted by atomic mass is 9.88. The number of para-hydroxylation sites is 1. The van der Waals surface area contributed by atoms with Crippen molar-refractivity contribution in [3.8, 4) is 0 Å². The van der Waals surface area contributed by atoms with Gasteiger partial charge in [0, 0.05) is 36.8 Å². The van der Waals surface area contributed by atoms with Gasteiger partial charge in [0.1, 0.15) is 0 Å². The Hall–Kier alpha value is -1.81. The van der Waals surface area contributed by atoms with E-state index in [1.807, 2.05) is 0 Å². The first kappa shape index (κ1) is 16.6. The van der Waals surface area contributed by atoms with E-state index in [0.29, 0.717) is 11.8 Å². The summed E-state index contributed by atoms with van der Waals surface area (Å²) >= 11 is 0. The monoisotopic (exact) mass is 339 g/mol. The molecule has 1 aliphatic heterocycles. The topological polar surface area (TPSA) is 48.1 Å². The quantitative estimate of drug-likeness (QED) is 0.873. The molecular weight excluding hydrogens is 310 g/mol. The van der Waals surface area contributed by atoms with Crippen LogP contribution in [-0.2, 0) is 11.3 Å². The molecule has 2 fully saturated rings. The van der Waals surface area contributed by atoms with Gasteiger partial charge in [-0.05, 0) is 49.2 Å². The minimum absolute atomic E-state index is 0.276. The Morgan fingerprint density at radius 1 is 1.16 bits per heavy atom. The molecule has 2 aliphatic rings. The predicted octanol–water partition coefficient (Wildman–Crippen LogP) is 3.69. The summed E-state index contributed by atoms with van der Waals surface area (Å²) in [4.78, 5) is 18.3. The Kier molecular flexibility index (Phi) is 5.07. The van der Waals surface area contributed by atoms with Crippen molar-refractivity contribution < 1.29 is 4.79 Å². The Morgan fingerprint density at radius 3 is 2.84 bits per heavy atom. The van der Waals surface area contributed by atoms with E-state index in [1.165, 1.54) is 42.3 Å². The average Bonchev–Trinajstić information content (AvgIpc) is 3.26. The van der Waals surface area contributed by atoms with Crippen LogP contribution in [-0.4, -0.2) is 35.4 Å². The van der Waals surface area contributed by atoms with E-state index in [9.17, 15) is 4.79 Å². The van der Waals surface area contributed by atoms with Gasteiger partial charge in [-0.3, -0.25) is 9.69 Å². The molecule has 2 heterocycles. The van der Waals surface area contributed by atoms with Crippen molar-refractivity contribution in [3.05, 3.63) is 36.0 Å². The van der Waals surface area contributed by atoms with Crippen molar-refractivity contribution in [2.75, 3.05) is 19.6 Å². The van der Waals surface area contributed by atoms with Gasteiger partial charge in [-0.15, -0.1) is 0 Å². The predicted molar refractivity (Wildman–Crippen MR) is 101 cm³/mol. The van der Waals surface area contributed by atoms with E-state index in [0.717, 1.165) is 39.0 Å². The fourth-order valence-corrected chi connectivity index (χ4v) is 4.44. The molecule has 134 valence electrons. The largest absolute Gasteiger partial charge is 0.357 e. The summed E-state index contributed by atoms with van der Waals surface area (Å²) in [5, 5.41) is 4.51. The molecule has 1 atom stereocenters. The van der Waals surface area contributed by atoms with E-state index in [1.54, 1.807) is 0 Å². The summed E-state index contributed by atoms with van der Waals surface area (Å²) in [6.45, 7) is 4.03. The summed E-state index contributed by atoms with van der Waals surface area (Å²) < 4.78 is 0. The number of nitrogens with one attached hydrogen (secondary N) is 2. The highest BCUT2D eigenvalue weighted by molar-refractivity contribution is 5.80. The molecule has 1 aliphatic carbocycles. The second-order valence-electron chi connectivity index (χ2n) is 7.85. The number of nitrogens with zero attached hydrogens (tertiary/aromatic N) is 1. The summed E-state index contributed by atoms with van der Waals surface area (Å²) in [5.74, 6) is 1.17. The zero-order valence-electron chi connectivity index (χ0n) is 15.0. The smallest absolute Gasteiger partial charge is 0.223 e. The van der Waals surface area contributed by atoms with Gasteiger partial charge in [-0.1, -0.05) is 37.5 Å². The van der Waals surface area contributed by atoms with Crippen LogP contribution in [0.3, 0.4) is 0 Å².